The van der Waals surface area contributed by atoms with Gasteiger partial charge in [-0.25, -0.2) is 0 Å². The van der Waals surface area contributed by atoms with Crippen LogP contribution in [0.3, 0.4) is 0 Å². The van der Waals surface area contributed by atoms with Crippen molar-refractivity contribution in [3.8, 4) is 0 Å². The minimum atomic E-state index is 0.312. The van der Waals surface area contributed by atoms with Crippen LogP contribution in [0.25, 0.3) is 17.1 Å². The first-order chi connectivity index (χ1) is 8.09. The summed E-state index contributed by atoms with van der Waals surface area (Å²) in [6.45, 7) is 0. The quantitative estimate of drug-likeness (QED) is 0.735. The zero-order valence-electron chi connectivity index (χ0n) is 9.70. The van der Waals surface area contributed by atoms with Gasteiger partial charge in [0.15, 0.2) is 0 Å². The first kappa shape index (κ1) is 11.2. The Hall–Kier alpha value is -2.30. The molecule has 5 nitrogen and oxygen atoms in total. The first-order valence-electron chi connectivity index (χ1n) is 5.18. The van der Waals surface area contributed by atoms with Gasteiger partial charge >= 0.3 is 0 Å². The van der Waals surface area contributed by atoms with E-state index in [-0.39, 0.29) is 0 Å². The zero-order valence-corrected chi connectivity index (χ0v) is 9.70. The lowest BCUT2D eigenvalue weighted by molar-refractivity contribution is -0.464. The number of hydrogen-bond donors (Lipinski definition) is 0. The summed E-state index contributed by atoms with van der Waals surface area (Å²) < 4.78 is 1.46. The van der Waals surface area contributed by atoms with Crippen molar-refractivity contribution in [2.45, 2.75) is 0 Å². The molecular weight excluding hydrogens is 218 g/mol. The summed E-state index contributed by atoms with van der Waals surface area (Å²) in [7, 11) is 3.69. The zero-order chi connectivity index (χ0) is 12.4. The number of fused-ring (bicyclic) bond motifs is 1. The summed E-state index contributed by atoms with van der Waals surface area (Å²) in [5.74, 6) is 0. The summed E-state index contributed by atoms with van der Waals surface area (Å²) >= 11 is 0. The Balaban J connectivity index is 2.67. The molecule has 0 saturated heterocycles. The van der Waals surface area contributed by atoms with E-state index in [9.17, 15) is 10.1 Å². The highest BCUT2D eigenvalue weighted by atomic mass is 16.5. The third kappa shape index (κ3) is 2.13. The fourth-order valence-electron chi connectivity index (χ4n) is 1.54. The molecule has 0 fully saturated rings. The Labute approximate surface area is 98.4 Å². The monoisotopic (exact) mass is 231 g/mol. The average molecular weight is 231 g/mol. The molecule has 0 atom stereocenters. The molecule has 0 bridgehead atoms. The molecule has 17 heavy (non-hydrogen) atoms. The van der Waals surface area contributed by atoms with Gasteiger partial charge in [0.1, 0.15) is 11.2 Å². The van der Waals surface area contributed by atoms with Crippen LogP contribution in [0.4, 0.5) is 0 Å². The maximum absolute atomic E-state index is 12.0. The Morgan fingerprint density at radius 2 is 2.06 bits per heavy atom. The van der Waals surface area contributed by atoms with Crippen LogP contribution in [0, 0.1) is 10.1 Å². The topological polar surface area (TPSA) is 54.2 Å². The lowest BCUT2D eigenvalue weighted by atomic mass is 10.3. The second-order valence-electron chi connectivity index (χ2n) is 3.94. The molecule has 1 heterocycles. The number of rotatable bonds is 2. The molecular formula is C12H13N3O2. The van der Waals surface area contributed by atoms with Crippen molar-refractivity contribution >= 4 is 17.1 Å². The van der Waals surface area contributed by atoms with Crippen LogP contribution < -0.4 is 4.43 Å². The van der Waals surface area contributed by atoms with E-state index < -0.39 is 0 Å². The molecule has 0 aliphatic rings. The van der Waals surface area contributed by atoms with Gasteiger partial charge in [0.25, 0.3) is 11.7 Å². The Kier molecular flexibility index (Phi) is 2.82. The number of nitrogens with zero attached hydrogens (tertiary/aromatic N) is 3. The van der Waals surface area contributed by atoms with Gasteiger partial charge < -0.3 is 14.8 Å². The fraction of sp³-hybridized carbons (Fsp3) is 0.167. The van der Waals surface area contributed by atoms with Gasteiger partial charge in [0, 0.05) is 31.3 Å². The van der Waals surface area contributed by atoms with E-state index in [0.29, 0.717) is 21.2 Å². The standard InChI is InChI=1S/C12H13N3O2/c1-13(2)8-7-10-9-14(16)11-5-3-4-6-12(11)15(10)17/h3-9H,1-2H3/b8-7+. The van der Waals surface area contributed by atoms with Crippen molar-refractivity contribution in [1.82, 2.24) is 9.63 Å². The second kappa shape index (κ2) is 4.29. The molecule has 0 saturated carbocycles. The number of hydrogen-bond acceptors (Lipinski definition) is 3. The van der Waals surface area contributed by atoms with E-state index in [4.69, 9.17) is 0 Å². The fourth-order valence-corrected chi connectivity index (χ4v) is 1.54. The first-order valence-corrected chi connectivity index (χ1v) is 5.18. The molecule has 2 rings (SSSR count). The lowest BCUT2D eigenvalue weighted by Crippen LogP contribution is -2.18. The molecule has 2 aromatic rings. The van der Waals surface area contributed by atoms with Gasteiger partial charge in [-0.3, -0.25) is 0 Å². The summed E-state index contributed by atoms with van der Waals surface area (Å²) in [4.78, 5) is 13.5. The van der Waals surface area contributed by atoms with E-state index in [1.807, 2.05) is 14.1 Å². The molecule has 0 unspecified atom stereocenters. The lowest BCUT2D eigenvalue weighted by Gasteiger charge is -2.14. The Morgan fingerprint density at radius 3 is 2.76 bits per heavy atom. The highest BCUT2D eigenvalue weighted by Crippen LogP contribution is 2.11. The highest BCUT2D eigenvalue weighted by Gasteiger charge is 2.09. The van der Waals surface area contributed by atoms with Crippen molar-refractivity contribution in [3.63, 3.8) is 0 Å². The van der Waals surface area contributed by atoms with E-state index in [1.54, 1.807) is 41.4 Å². The number of para-hydroxylation sites is 2. The van der Waals surface area contributed by atoms with Crippen LogP contribution in [0.15, 0.2) is 36.7 Å². The maximum atomic E-state index is 12.0. The maximum Gasteiger partial charge on any atom is 0.286 e. The third-order valence-electron chi connectivity index (χ3n) is 2.37. The van der Waals surface area contributed by atoms with Crippen LogP contribution in [-0.2, 0) is 0 Å². The number of benzene rings is 1. The minimum absolute atomic E-state index is 0.312. The largest absolute Gasteiger partial charge is 0.805 e. The molecule has 5 heteroatoms. The van der Waals surface area contributed by atoms with Gasteiger partial charge in [-0.1, -0.05) is 12.1 Å². The van der Waals surface area contributed by atoms with Crippen LogP contribution in [-0.4, -0.2) is 23.7 Å². The van der Waals surface area contributed by atoms with Crippen molar-refractivity contribution in [1.29, 1.82) is 0 Å². The van der Waals surface area contributed by atoms with Gasteiger partial charge in [-0.2, -0.15) is 0 Å². The Bertz CT molecular complexity index is 629. The highest BCUT2D eigenvalue weighted by molar-refractivity contribution is 5.73. The van der Waals surface area contributed by atoms with Gasteiger partial charge in [0.2, 0.25) is 0 Å². The molecule has 88 valence electrons. The van der Waals surface area contributed by atoms with Crippen molar-refractivity contribution in [2.75, 3.05) is 14.1 Å². The molecule has 0 spiro atoms. The molecule has 0 radical (unpaired) electrons. The average Bonchev–Trinajstić information content (AvgIpc) is 2.32. The summed E-state index contributed by atoms with van der Waals surface area (Å²) in [6, 6.07) is 6.71. The molecule has 0 aliphatic carbocycles. The summed E-state index contributed by atoms with van der Waals surface area (Å²) in [5.41, 5.74) is 1.04. The van der Waals surface area contributed by atoms with Gasteiger partial charge in [-0.05, 0) is 12.1 Å². The predicted octanol–water partition coefficient (Wildman–Crippen LogP) is 1.43. The third-order valence-corrected chi connectivity index (χ3v) is 2.37. The second-order valence-corrected chi connectivity index (χ2v) is 3.94. The van der Waals surface area contributed by atoms with Crippen LogP contribution in [0.2, 0.25) is 0 Å². The molecule has 0 amide bonds. The normalized spacial score (nSPS) is 11.2. The van der Waals surface area contributed by atoms with Crippen molar-refractivity contribution < 1.29 is 4.43 Å². The van der Waals surface area contributed by atoms with E-state index >= 15 is 0 Å². The summed E-state index contributed by atoms with van der Waals surface area (Å²) in [6.07, 6.45) is 4.60. The van der Waals surface area contributed by atoms with Gasteiger partial charge in [-0.15, -0.1) is 0 Å². The van der Waals surface area contributed by atoms with Gasteiger partial charge in [0.05, 0.1) is 4.43 Å². The Morgan fingerprint density at radius 1 is 1.35 bits per heavy atom. The predicted molar refractivity (Wildman–Crippen MR) is 66.8 cm³/mol. The summed E-state index contributed by atoms with van der Waals surface area (Å²) in [5, 5.41) is 12.0. The van der Waals surface area contributed by atoms with E-state index in [2.05, 4.69) is 0 Å². The van der Waals surface area contributed by atoms with E-state index in [1.165, 1.54) is 6.20 Å². The smallest absolute Gasteiger partial charge is 0.286 e. The van der Waals surface area contributed by atoms with Crippen molar-refractivity contribution in [2.24, 2.45) is 0 Å². The minimum Gasteiger partial charge on any atom is -0.805 e. The van der Waals surface area contributed by atoms with Crippen LogP contribution in [0.5, 0.6) is 0 Å². The van der Waals surface area contributed by atoms with Crippen LogP contribution >= 0.6 is 0 Å². The SMILES string of the molecule is CN(C)/C=C/c1c[n+](=O)c2ccccc2n1[O-]. The molecule has 1 aromatic heterocycles. The molecule has 0 N–H and O–H groups in total. The molecule has 0 aliphatic heterocycles. The van der Waals surface area contributed by atoms with Crippen molar-refractivity contribution in [3.05, 3.63) is 52.5 Å². The number of aromatic nitrogens is 2. The van der Waals surface area contributed by atoms with Crippen LogP contribution in [0.1, 0.15) is 5.69 Å². The van der Waals surface area contributed by atoms with E-state index in [0.717, 1.165) is 4.73 Å². The molecule has 1 aromatic carbocycles.